The average Bonchev–Trinajstić information content (AvgIpc) is 2.11. The first kappa shape index (κ1) is 11.0. The van der Waals surface area contributed by atoms with Gasteiger partial charge in [0.05, 0.1) is 0 Å². The normalized spacial score (nSPS) is 27.7. The number of hydrogen-bond acceptors (Lipinski definition) is 1. The Kier molecular flexibility index (Phi) is 3.78. The van der Waals surface area contributed by atoms with Crippen molar-refractivity contribution in [2.45, 2.75) is 46.5 Å². The van der Waals surface area contributed by atoms with Crippen molar-refractivity contribution in [2.24, 2.45) is 11.3 Å². The summed E-state index contributed by atoms with van der Waals surface area (Å²) < 4.78 is 0. The van der Waals surface area contributed by atoms with Crippen molar-refractivity contribution >= 4 is 0 Å². The predicted octanol–water partition coefficient (Wildman–Crippen LogP) is 3.15. The number of rotatable bonds is 0. The summed E-state index contributed by atoms with van der Waals surface area (Å²) in [5.74, 6) is 1.03. The van der Waals surface area contributed by atoms with Gasteiger partial charge in [0.2, 0.25) is 0 Å². The van der Waals surface area contributed by atoms with Crippen LogP contribution in [0.3, 0.4) is 0 Å². The summed E-state index contributed by atoms with van der Waals surface area (Å²) in [6.45, 7) is 9.07. The van der Waals surface area contributed by atoms with E-state index in [0.29, 0.717) is 0 Å². The number of nitrogens with zero attached hydrogens (tertiary/aromatic N) is 1. The van der Waals surface area contributed by atoms with Crippen molar-refractivity contribution in [1.29, 1.82) is 0 Å². The summed E-state index contributed by atoms with van der Waals surface area (Å²) >= 11 is 0. The van der Waals surface area contributed by atoms with Crippen molar-refractivity contribution in [3.05, 3.63) is 0 Å². The molecule has 1 nitrogen and oxygen atoms in total. The molecule has 0 amide bonds. The minimum atomic E-state index is 0.811. The van der Waals surface area contributed by atoms with Gasteiger partial charge in [0.15, 0.2) is 0 Å². The summed E-state index contributed by atoms with van der Waals surface area (Å²) in [5, 5.41) is 0. The molecule has 0 aromatic carbocycles. The van der Waals surface area contributed by atoms with Gasteiger partial charge in [-0.2, -0.15) is 0 Å². The third-order valence-corrected chi connectivity index (χ3v) is 3.61. The number of likely N-dealkylation sites (tertiary alicyclic amines) is 1. The van der Waals surface area contributed by atoms with Crippen molar-refractivity contribution in [3.8, 4) is 0 Å². The van der Waals surface area contributed by atoms with E-state index in [2.05, 4.69) is 18.9 Å². The largest absolute Gasteiger partial charge is 0.306 e. The highest BCUT2D eigenvalue weighted by molar-refractivity contribution is 4.94. The first-order valence-corrected chi connectivity index (χ1v) is 5.89. The molecule has 1 heterocycles. The van der Waals surface area contributed by atoms with Crippen LogP contribution >= 0.6 is 0 Å². The van der Waals surface area contributed by atoms with E-state index in [4.69, 9.17) is 0 Å². The minimum absolute atomic E-state index is 0.811. The van der Waals surface area contributed by atoms with Crippen molar-refractivity contribution in [1.82, 2.24) is 4.90 Å². The standard InChI is InChI=1S/C10H19N.C2H6/c1-9-7-10(8-9)3-5-11(2)6-4-10;1-2/h9H,3-8H2,1-2H3;1-2H3. The van der Waals surface area contributed by atoms with E-state index >= 15 is 0 Å². The fourth-order valence-corrected chi connectivity index (χ4v) is 2.92. The van der Waals surface area contributed by atoms with Gasteiger partial charge < -0.3 is 4.90 Å². The van der Waals surface area contributed by atoms with E-state index in [9.17, 15) is 0 Å². The molecule has 0 atom stereocenters. The van der Waals surface area contributed by atoms with Gasteiger partial charge in [-0.3, -0.25) is 0 Å². The third kappa shape index (κ3) is 2.46. The summed E-state index contributed by atoms with van der Waals surface area (Å²) in [6, 6.07) is 0. The zero-order valence-corrected chi connectivity index (χ0v) is 9.77. The van der Waals surface area contributed by atoms with Crippen molar-refractivity contribution < 1.29 is 0 Å². The lowest BCUT2D eigenvalue weighted by molar-refractivity contribution is 0.000967. The van der Waals surface area contributed by atoms with E-state index in [0.717, 1.165) is 11.3 Å². The topological polar surface area (TPSA) is 3.24 Å². The molecule has 1 saturated carbocycles. The second-order valence-electron chi connectivity index (χ2n) is 4.82. The van der Waals surface area contributed by atoms with Crippen molar-refractivity contribution in [2.75, 3.05) is 20.1 Å². The molecule has 1 aliphatic heterocycles. The maximum absolute atomic E-state index is 2.47. The zero-order valence-electron chi connectivity index (χ0n) is 9.77. The van der Waals surface area contributed by atoms with E-state index in [1.165, 1.54) is 38.8 Å². The predicted molar refractivity (Wildman–Crippen MR) is 58.9 cm³/mol. The Labute approximate surface area is 83.5 Å². The Bertz CT molecular complexity index is 137. The van der Waals surface area contributed by atoms with Crippen LogP contribution in [0.1, 0.15) is 46.5 Å². The van der Waals surface area contributed by atoms with Crippen LogP contribution in [-0.4, -0.2) is 25.0 Å². The molecule has 78 valence electrons. The monoisotopic (exact) mass is 183 g/mol. The molecule has 1 spiro atoms. The summed E-state index contributed by atoms with van der Waals surface area (Å²) in [6.07, 6.45) is 5.96. The van der Waals surface area contributed by atoms with Crippen LogP contribution in [0.5, 0.6) is 0 Å². The molecule has 1 heteroatoms. The van der Waals surface area contributed by atoms with Gasteiger partial charge in [-0.1, -0.05) is 20.8 Å². The van der Waals surface area contributed by atoms with Gasteiger partial charge in [-0.25, -0.2) is 0 Å². The lowest BCUT2D eigenvalue weighted by Gasteiger charge is -2.51. The van der Waals surface area contributed by atoms with Gasteiger partial charge in [0.25, 0.3) is 0 Å². The second-order valence-corrected chi connectivity index (χ2v) is 4.82. The molecule has 1 aliphatic carbocycles. The highest BCUT2D eigenvalue weighted by Gasteiger charge is 2.42. The molecule has 2 aliphatic rings. The molecule has 0 aromatic heterocycles. The molecule has 0 aromatic rings. The van der Waals surface area contributed by atoms with Crippen LogP contribution in [0.4, 0.5) is 0 Å². The molecular formula is C12H25N. The molecule has 0 radical (unpaired) electrons. The smallest absolute Gasteiger partial charge is 0.00165 e. The van der Waals surface area contributed by atoms with Gasteiger partial charge in [0.1, 0.15) is 0 Å². The van der Waals surface area contributed by atoms with Crippen LogP contribution in [0.2, 0.25) is 0 Å². The molecule has 13 heavy (non-hydrogen) atoms. The van der Waals surface area contributed by atoms with Crippen molar-refractivity contribution in [3.63, 3.8) is 0 Å². The number of hydrogen-bond donors (Lipinski definition) is 0. The van der Waals surface area contributed by atoms with Gasteiger partial charge >= 0.3 is 0 Å². The fourth-order valence-electron chi connectivity index (χ4n) is 2.92. The molecule has 2 rings (SSSR count). The quantitative estimate of drug-likeness (QED) is 0.557. The van der Waals surface area contributed by atoms with E-state index in [-0.39, 0.29) is 0 Å². The van der Waals surface area contributed by atoms with Crippen LogP contribution < -0.4 is 0 Å². The van der Waals surface area contributed by atoms with E-state index in [1.54, 1.807) is 0 Å². The van der Waals surface area contributed by atoms with Crippen LogP contribution in [-0.2, 0) is 0 Å². The molecule has 0 N–H and O–H groups in total. The first-order chi connectivity index (χ1) is 6.20. The minimum Gasteiger partial charge on any atom is -0.306 e. The lowest BCUT2D eigenvalue weighted by Crippen LogP contribution is -2.45. The van der Waals surface area contributed by atoms with Crippen LogP contribution in [0, 0.1) is 11.3 Å². The maximum Gasteiger partial charge on any atom is -0.00165 e. The fraction of sp³-hybridized carbons (Fsp3) is 1.00. The molecule has 0 bridgehead atoms. The SMILES string of the molecule is CC.CC1CC2(CCN(C)CC2)C1. The Morgan fingerprint density at radius 2 is 1.54 bits per heavy atom. The highest BCUT2D eigenvalue weighted by Crippen LogP contribution is 2.51. The van der Waals surface area contributed by atoms with Crippen LogP contribution in [0.15, 0.2) is 0 Å². The zero-order chi connectivity index (χ0) is 9.90. The summed E-state index contributed by atoms with van der Waals surface area (Å²) in [7, 11) is 2.24. The number of piperidine rings is 1. The molecule has 0 unspecified atom stereocenters. The van der Waals surface area contributed by atoms with Gasteiger partial charge in [0, 0.05) is 0 Å². The highest BCUT2D eigenvalue weighted by atomic mass is 15.1. The summed E-state index contributed by atoms with van der Waals surface area (Å²) in [5.41, 5.74) is 0.811. The third-order valence-electron chi connectivity index (χ3n) is 3.61. The molecular weight excluding hydrogens is 158 g/mol. The Morgan fingerprint density at radius 1 is 1.08 bits per heavy atom. The Morgan fingerprint density at radius 3 is 1.92 bits per heavy atom. The van der Waals surface area contributed by atoms with Gasteiger partial charge in [-0.05, 0) is 57.2 Å². The lowest BCUT2D eigenvalue weighted by atomic mass is 9.58. The van der Waals surface area contributed by atoms with E-state index in [1.807, 2.05) is 13.8 Å². The second kappa shape index (κ2) is 4.45. The maximum atomic E-state index is 2.47. The summed E-state index contributed by atoms with van der Waals surface area (Å²) in [4.78, 5) is 2.47. The van der Waals surface area contributed by atoms with E-state index < -0.39 is 0 Å². The van der Waals surface area contributed by atoms with Crippen LogP contribution in [0.25, 0.3) is 0 Å². The average molecular weight is 183 g/mol. The molecule has 2 fully saturated rings. The Balaban J connectivity index is 0.000000396. The first-order valence-electron chi connectivity index (χ1n) is 5.89. The Hall–Kier alpha value is -0.0400. The van der Waals surface area contributed by atoms with Gasteiger partial charge in [-0.15, -0.1) is 0 Å². The molecule has 1 saturated heterocycles.